The van der Waals surface area contributed by atoms with Gasteiger partial charge < -0.3 is 19.3 Å². The number of aliphatic hydroxyl groups is 1. The van der Waals surface area contributed by atoms with Crippen molar-refractivity contribution in [1.82, 2.24) is 14.7 Å². The summed E-state index contributed by atoms with van der Waals surface area (Å²) in [6.07, 6.45) is -0.626. The van der Waals surface area contributed by atoms with Crippen molar-refractivity contribution in [2.45, 2.75) is 6.10 Å². The van der Waals surface area contributed by atoms with E-state index >= 15 is 0 Å². The van der Waals surface area contributed by atoms with Gasteiger partial charge in [-0.15, -0.1) is 0 Å². The van der Waals surface area contributed by atoms with Crippen LogP contribution in [-0.4, -0.2) is 85.2 Å². The summed E-state index contributed by atoms with van der Waals surface area (Å²) < 4.78 is 18.7. The maximum atomic E-state index is 13.2. The van der Waals surface area contributed by atoms with Gasteiger partial charge >= 0.3 is 0 Å². The summed E-state index contributed by atoms with van der Waals surface area (Å²) in [6.45, 7) is 4.56. The number of nitrogens with zero attached hydrogens (tertiary/aromatic N) is 3. The molecule has 1 aliphatic heterocycles. The van der Waals surface area contributed by atoms with E-state index in [-0.39, 0.29) is 24.0 Å². The Morgan fingerprint density at radius 2 is 2.04 bits per heavy atom. The maximum absolute atomic E-state index is 13.2. The van der Waals surface area contributed by atoms with E-state index in [1.54, 1.807) is 7.05 Å². The average molecular weight is 349 g/mol. The number of likely N-dealkylation sites (N-methyl/N-ethyl adjacent to an activating group) is 2. The minimum Gasteiger partial charge on any atom is -0.451 e. The molecular formula is C18H24FN3O3. The summed E-state index contributed by atoms with van der Waals surface area (Å²) >= 11 is 0. The van der Waals surface area contributed by atoms with E-state index in [1.807, 2.05) is 0 Å². The van der Waals surface area contributed by atoms with Crippen LogP contribution in [0.4, 0.5) is 4.39 Å². The SMILES string of the molecule is CN1CCN(CC(O)CN(C)C(=O)c2cc3cc(F)ccc3o2)CC1. The van der Waals surface area contributed by atoms with E-state index < -0.39 is 6.10 Å². The Morgan fingerprint density at radius 3 is 2.76 bits per heavy atom. The van der Waals surface area contributed by atoms with Crippen molar-refractivity contribution in [1.29, 1.82) is 0 Å². The van der Waals surface area contributed by atoms with Crippen molar-refractivity contribution in [3.8, 4) is 0 Å². The van der Waals surface area contributed by atoms with Gasteiger partial charge in [0.2, 0.25) is 0 Å². The van der Waals surface area contributed by atoms with E-state index in [0.717, 1.165) is 26.2 Å². The summed E-state index contributed by atoms with van der Waals surface area (Å²) in [4.78, 5) is 18.4. The Bertz CT molecular complexity index is 740. The summed E-state index contributed by atoms with van der Waals surface area (Å²) in [6, 6.07) is 5.66. The Kier molecular flexibility index (Phi) is 5.36. The number of halogens is 1. The van der Waals surface area contributed by atoms with Crippen LogP contribution in [0, 0.1) is 5.82 Å². The molecule has 25 heavy (non-hydrogen) atoms. The quantitative estimate of drug-likeness (QED) is 0.880. The van der Waals surface area contributed by atoms with Crippen molar-refractivity contribution < 1.29 is 18.7 Å². The van der Waals surface area contributed by atoms with E-state index in [9.17, 15) is 14.3 Å². The molecule has 1 fully saturated rings. The van der Waals surface area contributed by atoms with Gasteiger partial charge in [-0.05, 0) is 31.3 Å². The second-order valence-electron chi connectivity index (χ2n) is 6.74. The number of aliphatic hydroxyl groups excluding tert-OH is 1. The molecule has 136 valence electrons. The number of benzene rings is 1. The molecule has 1 unspecified atom stereocenters. The molecule has 1 amide bonds. The van der Waals surface area contributed by atoms with Gasteiger partial charge in [0.1, 0.15) is 11.4 Å². The number of carbonyl (C=O) groups is 1. The van der Waals surface area contributed by atoms with Crippen LogP contribution in [0.25, 0.3) is 11.0 Å². The smallest absolute Gasteiger partial charge is 0.289 e. The third-order valence-electron chi connectivity index (χ3n) is 4.59. The van der Waals surface area contributed by atoms with Crippen LogP contribution in [-0.2, 0) is 0 Å². The molecule has 0 bridgehead atoms. The molecule has 2 heterocycles. The molecule has 1 N–H and O–H groups in total. The van der Waals surface area contributed by atoms with Gasteiger partial charge in [-0.1, -0.05) is 0 Å². The minimum absolute atomic E-state index is 0.148. The van der Waals surface area contributed by atoms with Crippen LogP contribution < -0.4 is 0 Å². The standard InChI is InChI=1S/C18H24FN3O3/c1-20-5-7-22(8-6-20)12-15(23)11-21(2)18(24)17-10-13-9-14(19)3-4-16(13)25-17/h3-4,9-10,15,23H,5-8,11-12H2,1-2H3. The largest absolute Gasteiger partial charge is 0.451 e. The van der Waals surface area contributed by atoms with Gasteiger partial charge in [-0.25, -0.2) is 4.39 Å². The zero-order valence-electron chi connectivity index (χ0n) is 14.6. The normalized spacial score (nSPS) is 17.8. The molecule has 0 spiro atoms. The van der Waals surface area contributed by atoms with Crippen molar-refractivity contribution >= 4 is 16.9 Å². The Balaban J connectivity index is 1.57. The van der Waals surface area contributed by atoms with Crippen LogP contribution in [0.15, 0.2) is 28.7 Å². The fraction of sp³-hybridized carbons (Fsp3) is 0.500. The van der Waals surface area contributed by atoms with Crippen LogP contribution >= 0.6 is 0 Å². The van der Waals surface area contributed by atoms with E-state index in [0.29, 0.717) is 17.5 Å². The monoisotopic (exact) mass is 349 g/mol. The summed E-state index contributed by atoms with van der Waals surface area (Å²) in [7, 11) is 3.71. The van der Waals surface area contributed by atoms with Crippen molar-refractivity contribution in [3.63, 3.8) is 0 Å². The van der Waals surface area contributed by atoms with Gasteiger partial charge in [-0.2, -0.15) is 0 Å². The highest BCUT2D eigenvalue weighted by molar-refractivity contribution is 5.96. The lowest BCUT2D eigenvalue weighted by atomic mass is 10.2. The lowest BCUT2D eigenvalue weighted by Gasteiger charge is -2.34. The molecule has 0 radical (unpaired) electrons. The molecule has 1 saturated heterocycles. The number of hydrogen-bond acceptors (Lipinski definition) is 5. The molecule has 1 aromatic carbocycles. The number of furan rings is 1. The number of amides is 1. The third-order valence-corrected chi connectivity index (χ3v) is 4.59. The molecule has 1 aliphatic rings. The first-order valence-corrected chi connectivity index (χ1v) is 8.46. The van der Waals surface area contributed by atoms with Crippen LogP contribution in [0.3, 0.4) is 0 Å². The van der Waals surface area contributed by atoms with Gasteiger partial charge in [0.05, 0.1) is 6.10 Å². The van der Waals surface area contributed by atoms with Crippen LogP contribution in [0.2, 0.25) is 0 Å². The number of rotatable bonds is 5. The van der Waals surface area contributed by atoms with Crippen molar-refractivity contribution in [2.75, 3.05) is 53.4 Å². The second-order valence-corrected chi connectivity index (χ2v) is 6.74. The molecule has 3 rings (SSSR count). The van der Waals surface area contributed by atoms with E-state index in [2.05, 4.69) is 16.8 Å². The predicted molar refractivity (Wildman–Crippen MR) is 93.1 cm³/mol. The predicted octanol–water partition coefficient (Wildman–Crippen LogP) is 1.25. The molecule has 0 aliphatic carbocycles. The molecular weight excluding hydrogens is 325 g/mol. The molecule has 6 nitrogen and oxygen atoms in total. The molecule has 0 saturated carbocycles. The van der Waals surface area contributed by atoms with Gasteiger partial charge in [0.25, 0.3) is 5.91 Å². The van der Waals surface area contributed by atoms with E-state index in [4.69, 9.17) is 4.42 Å². The van der Waals surface area contributed by atoms with Gasteiger partial charge in [-0.3, -0.25) is 9.69 Å². The number of hydrogen-bond donors (Lipinski definition) is 1. The highest BCUT2D eigenvalue weighted by atomic mass is 19.1. The fourth-order valence-corrected chi connectivity index (χ4v) is 3.09. The molecule has 7 heteroatoms. The lowest BCUT2D eigenvalue weighted by Crippen LogP contribution is -2.48. The average Bonchev–Trinajstić information content (AvgIpc) is 2.99. The van der Waals surface area contributed by atoms with Crippen molar-refractivity contribution in [2.24, 2.45) is 0 Å². The minimum atomic E-state index is -0.626. The van der Waals surface area contributed by atoms with Gasteiger partial charge in [0, 0.05) is 51.7 Å². The fourth-order valence-electron chi connectivity index (χ4n) is 3.09. The number of carbonyl (C=O) groups excluding carboxylic acids is 1. The summed E-state index contributed by atoms with van der Waals surface area (Å²) in [5.41, 5.74) is 0.469. The number of β-amino-alcohol motifs (C(OH)–C–C–N with tert-alkyl or cyclic N) is 1. The summed E-state index contributed by atoms with van der Waals surface area (Å²) in [5, 5.41) is 10.8. The Labute approximate surface area is 146 Å². The maximum Gasteiger partial charge on any atom is 0.289 e. The number of piperazine rings is 1. The first-order chi connectivity index (χ1) is 11.9. The summed E-state index contributed by atoms with van der Waals surface area (Å²) in [5.74, 6) is -0.549. The van der Waals surface area contributed by atoms with Gasteiger partial charge in [0.15, 0.2) is 5.76 Å². The second kappa shape index (κ2) is 7.51. The van der Waals surface area contributed by atoms with Crippen LogP contribution in [0.5, 0.6) is 0 Å². The Morgan fingerprint density at radius 1 is 1.32 bits per heavy atom. The molecule has 1 aromatic heterocycles. The topological polar surface area (TPSA) is 60.2 Å². The highest BCUT2D eigenvalue weighted by Gasteiger charge is 2.22. The molecule has 2 aromatic rings. The van der Waals surface area contributed by atoms with Crippen LogP contribution in [0.1, 0.15) is 10.6 Å². The zero-order chi connectivity index (χ0) is 18.0. The molecule has 1 atom stereocenters. The van der Waals surface area contributed by atoms with Crippen molar-refractivity contribution in [3.05, 3.63) is 35.8 Å². The number of fused-ring (bicyclic) bond motifs is 1. The Hall–Kier alpha value is -1.96. The lowest BCUT2D eigenvalue weighted by molar-refractivity contribution is 0.0486. The highest BCUT2D eigenvalue weighted by Crippen LogP contribution is 2.21. The first-order valence-electron chi connectivity index (χ1n) is 8.46. The zero-order valence-corrected chi connectivity index (χ0v) is 14.6. The van der Waals surface area contributed by atoms with E-state index in [1.165, 1.54) is 29.2 Å². The first kappa shape index (κ1) is 17.8. The third kappa shape index (κ3) is 4.36.